The summed E-state index contributed by atoms with van der Waals surface area (Å²) >= 11 is 0. The Morgan fingerprint density at radius 2 is 1.95 bits per heavy atom. The highest BCUT2D eigenvalue weighted by Gasteiger charge is 2.31. The predicted octanol–water partition coefficient (Wildman–Crippen LogP) is 3.90. The summed E-state index contributed by atoms with van der Waals surface area (Å²) in [6.07, 6.45) is -2.55. The lowest BCUT2D eigenvalue weighted by Gasteiger charge is -2.19. The number of unbranched alkanes of at least 4 members (excludes halogenated alkanes) is 1. The van der Waals surface area contributed by atoms with Gasteiger partial charge in [0.2, 0.25) is 5.91 Å². The minimum Gasteiger partial charge on any atom is -0.376 e. The molecule has 0 saturated heterocycles. The van der Waals surface area contributed by atoms with Gasteiger partial charge in [0.25, 0.3) is 0 Å². The Hall–Kier alpha value is -1.72. The van der Waals surface area contributed by atoms with E-state index in [4.69, 9.17) is 0 Å². The van der Waals surface area contributed by atoms with E-state index in [0.29, 0.717) is 18.5 Å². The second kappa shape index (κ2) is 6.63. The summed E-state index contributed by atoms with van der Waals surface area (Å²) in [5.41, 5.74) is -0.0392. The van der Waals surface area contributed by atoms with Crippen LogP contribution in [0, 0.1) is 0 Å². The number of nitrogens with zero attached hydrogens (tertiary/aromatic N) is 1. The number of hydrogen-bond donors (Lipinski definition) is 1. The van der Waals surface area contributed by atoms with Gasteiger partial charge in [-0.1, -0.05) is 13.3 Å². The van der Waals surface area contributed by atoms with E-state index in [2.05, 4.69) is 5.32 Å². The van der Waals surface area contributed by atoms with E-state index < -0.39 is 11.7 Å². The Morgan fingerprint density at radius 1 is 1.30 bits per heavy atom. The lowest BCUT2D eigenvalue weighted by molar-refractivity contribution is -0.137. The Labute approximate surface area is 116 Å². The lowest BCUT2D eigenvalue weighted by Crippen LogP contribution is -2.17. The molecule has 0 aliphatic carbocycles. The van der Waals surface area contributed by atoms with Crippen molar-refractivity contribution in [1.82, 2.24) is 0 Å². The molecule has 3 nitrogen and oxygen atoms in total. The molecule has 1 rings (SSSR count). The zero-order chi connectivity index (χ0) is 15.3. The molecule has 0 fully saturated rings. The first kappa shape index (κ1) is 16.3. The maximum absolute atomic E-state index is 12.7. The first-order chi connectivity index (χ1) is 9.25. The van der Waals surface area contributed by atoms with Crippen molar-refractivity contribution in [3.05, 3.63) is 23.8 Å². The number of nitrogens with one attached hydrogen (secondary N) is 1. The molecule has 1 amide bonds. The smallest absolute Gasteiger partial charge is 0.376 e. The average molecular weight is 288 g/mol. The lowest BCUT2D eigenvalue weighted by atomic mass is 10.1. The molecule has 0 unspecified atom stereocenters. The summed E-state index contributed by atoms with van der Waals surface area (Å²) in [4.78, 5) is 13.4. The fourth-order valence-electron chi connectivity index (χ4n) is 1.75. The van der Waals surface area contributed by atoms with Crippen LogP contribution in [-0.4, -0.2) is 20.0 Å². The molecule has 20 heavy (non-hydrogen) atoms. The molecule has 1 N–H and O–H groups in total. The van der Waals surface area contributed by atoms with E-state index in [-0.39, 0.29) is 11.6 Å². The number of benzene rings is 1. The molecular weight excluding hydrogens is 269 g/mol. The van der Waals surface area contributed by atoms with Crippen LogP contribution >= 0.6 is 0 Å². The second-order valence-electron chi connectivity index (χ2n) is 4.78. The number of hydrogen-bond acceptors (Lipinski definition) is 2. The van der Waals surface area contributed by atoms with Crippen LogP contribution in [-0.2, 0) is 11.0 Å². The van der Waals surface area contributed by atoms with Crippen molar-refractivity contribution in [2.75, 3.05) is 24.3 Å². The molecule has 1 aromatic rings. The van der Waals surface area contributed by atoms with E-state index in [1.807, 2.05) is 6.92 Å². The number of halogens is 3. The summed E-state index contributed by atoms with van der Waals surface area (Å²) in [6, 6.07) is 3.34. The fraction of sp³-hybridized carbons (Fsp3) is 0.500. The molecule has 0 radical (unpaired) electrons. The van der Waals surface area contributed by atoms with Gasteiger partial charge in [0.05, 0.1) is 16.9 Å². The molecule has 1 aromatic carbocycles. The van der Waals surface area contributed by atoms with E-state index in [1.165, 1.54) is 6.07 Å². The third kappa shape index (κ3) is 4.43. The molecule has 0 heterocycles. The molecule has 0 aliphatic heterocycles. The van der Waals surface area contributed by atoms with Crippen LogP contribution in [0.25, 0.3) is 0 Å². The van der Waals surface area contributed by atoms with Gasteiger partial charge in [-0.3, -0.25) is 4.79 Å². The highest BCUT2D eigenvalue weighted by atomic mass is 19.4. The summed E-state index contributed by atoms with van der Waals surface area (Å²) in [5.74, 6) is -0.269. The van der Waals surface area contributed by atoms with Crippen LogP contribution in [0.2, 0.25) is 0 Å². The first-order valence-corrected chi connectivity index (χ1v) is 6.44. The van der Waals surface area contributed by atoms with Gasteiger partial charge in [-0.15, -0.1) is 0 Å². The molecule has 0 aromatic heterocycles. The number of rotatable bonds is 5. The van der Waals surface area contributed by atoms with Gasteiger partial charge < -0.3 is 10.2 Å². The van der Waals surface area contributed by atoms with E-state index in [1.54, 1.807) is 19.0 Å². The Balaban J connectivity index is 3.03. The van der Waals surface area contributed by atoms with Crippen molar-refractivity contribution < 1.29 is 18.0 Å². The molecule has 112 valence electrons. The Bertz CT molecular complexity index is 470. The zero-order valence-electron chi connectivity index (χ0n) is 11.8. The molecule has 0 bridgehead atoms. The Morgan fingerprint density at radius 3 is 2.45 bits per heavy atom. The molecular formula is C14H19F3N2O. The van der Waals surface area contributed by atoms with Crippen LogP contribution in [0.15, 0.2) is 18.2 Å². The number of carbonyl (C=O) groups is 1. The van der Waals surface area contributed by atoms with Crippen molar-refractivity contribution in [3.63, 3.8) is 0 Å². The summed E-state index contributed by atoms with van der Waals surface area (Å²) < 4.78 is 38.1. The van der Waals surface area contributed by atoms with E-state index >= 15 is 0 Å². The third-order valence-corrected chi connectivity index (χ3v) is 2.84. The van der Waals surface area contributed by atoms with Gasteiger partial charge >= 0.3 is 6.18 Å². The quantitative estimate of drug-likeness (QED) is 0.891. The van der Waals surface area contributed by atoms with Crippen LogP contribution in [0.3, 0.4) is 0 Å². The van der Waals surface area contributed by atoms with E-state index in [0.717, 1.165) is 18.6 Å². The number of carbonyl (C=O) groups excluding carboxylic acids is 1. The van der Waals surface area contributed by atoms with Gasteiger partial charge in [-0.25, -0.2) is 0 Å². The maximum Gasteiger partial charge on any atom is 0.416 e. The number of amides is 1. The molecule has 0 atom stereocenters. The van der Waals surface area contributed by atoms with Crippen molar-refractivity contribution in [2.24, 2.45) is 0 Å². The molecule has 6 heteroatoms. The highest BCUT2D eigenvalue weighted by Crippen LogP contribution is 2.34. The highest BCUT2D eigenvalue weighted by molar-refractivity contribution is 5.94. The van der Waals surface area contributed by atoms with Crippen LogP contribution < -0.4 is 10.2 Å². The topological polar surface area (TPSA) is 32.3 Å². The van der Waals surface area contributed by atoms with Crippen LogP contribution in [0.1, 0.15) is 31.7 Å². The minimum absolute atomic E-state index is 0.186. The largest absolute Gasteiger partial charge is 0.416 e. The van der Waals surface area contributed by atoms with Gasteiger partial charge in [-0.2, -0.15) is 13.2 Å². The van der Waals surface area contributed by atoms with Crippen molar-refractivity contribution in [1.29, 1.82) is 0 Å². The van der Waals surface area contributed by atoms with E-state index in [9.17, 15) is 18.0 Å². The van der Waals surface area contributed by atoms with Crippen LogP contribution in [0.5, 0.6) is 0 Å². The van der Waals surface area contributed by atoms with Crippen LogP contribution in [0.4, 0.5) is 24.5 Å². The van der Waals surface area contributed by atoms with Crippen molar-refractivity contribution in [3.8, 4) is 0 Å². The summed E-state index contributed by atoms with van der Waals surface area (Å²) in [7, 11) is 3.43. The van der Waals surface area contributed by atoms with Gasteiger partial charge in [-0.05, 0) is 24.6 Å². The number of alkyl halides is 3. The van der Waals surface area contributed by atoms with Gasteiger partial charge in [0.15, 0.2) is 0 Å². The first-order valence-electron chi connectivity index (χ1n) is 6.44. The van der Waals surface area contributed by atoms with Gasteiger partial charge in [0.1, 0.15) is 0 Å². The Kier molecular flexibility index (Phi) is 5.42. The molecule has 0 spiro atoms. The summed E-state index contributed by atoms with van der Waals surface area (Å²) in [5, 5.41) is 2.56. The zero-order valence-corrected chi connectivity index (χ0v) is 11.8. The van der Waals surface area contributed by atoms with Crippen molar-refractivity contribution >= 4 is 17.3 Å². The molecule has 0 saturated carbocycles. The molecule has 0 aliphatic rings. The standard InChI is InChI=1S/C14H19F3N2O/c1-4-5-6-13(20)18-11-9-10(14(15,16)17)7-8-12(11)19(2)3/h7-9H,4-6H2,1-3H3,(H,18,20). The fourth-order valence-corrected chi connectivity index (χ4v) is 1.75. The van der Waals surface area contributed by atoms with Crippen molar-refractivity contribution in [2.45, 2.75) is 32.4 Å². The predicted molar refractivity (Wildman–Crippen MR) is 73.9 cm³/mol. The maximum atomic E-state index is 12.7. The normalized spacial score (nSPS) is 11.3. The second-order valence-corrected chi connectivity index (χ2v) is 4.78. The third-order valence-electron chi connectivity index (χ3n) is 2.84. The van der Waals surface area contributed by atoms with Gasteiger partial charge in [0, 0.05) is 20.5 Å². The average Bonchev–Trinajstić information content (AvgIpc) is 2.34. The summed E-state index contributed by atoms with van der Waals surface area (Å²) in [6.45, 7) is 1.95. The SMILES string of the molecule is CCCCC(=O)Nc1cc(C(F)(F)F)ccc1N(C)C. The number of anilines is 2. The monoisotopic (exact) mass is 288 g/mol. The minimum atomic E-state index is -4.42.